The summed E-state index contributed by atoms with van der Waals surface area (Å²) >= 11 is 0. The van der Waals surface area contributed by atoms with E-state index in [0.717, 1.165) is 28.1 Å². The summed E-state index contributed by atoms with van der Waals surface area (Å²) in [5.74, 6) is 0.782. The minimum Gasteiger partial charge on any atom is -0.497 e. The van der Waals surface area contributed by atoms with Crippen molar-refractivity contribution in [3.8, 4) is 22.6 Å². The second-order valence-electron chi connectivity index (χ2n) is 7.32. The molecular formula is C24H22N4O4S. The quantitative estimate of drug-likeness (QED) is 0.443. The maximum atomic E-state index is 12.3. The maximum absolute atomic E-state index is 12.3. The lowest BCUT2D eigenvalue weighted by Gasteiger charge is -2.09. The van der Waals surface area contributed by atoms with Crippen molar-refractivity contribution in [1.29, 1.82) is 0 Å². The summed E-state index contributed by atoms with van der Waals surface area (Å²) < 4.78 is 33.6. The van der Waals surface area contributed by atoms with Gasteiger partial charge in [0.25, 0.3) is 10.0 Å². The Hall–Kier alpha value is -4.11. The average molecular weight is 463 g/mol. The van der Waals surface area contributed by atoms with Crippen LogP contribution in [0.3, 0.4) is 0 Å². The molecule has 0 saturated heterocycles. The zero-order chi connectivity index (χ0) is 23.4. The van der Waals surface area contributed by atoms with E-state index in [1.807, 2.05) is 42.1 Å². The monoisotopic (exact) mass is 462 g/mol. The fourth-order valence-electron chi connectivity index (χ4n) is 3.15. The van der Waals surface area contributed by atoms with Gasteiger partial charge in [0.2, 0.25) is 0 Å². The molecule has 1 heterocycles. The number of carbonyl (C=O) groups is 1. The minimum atomic E-state index is -3.96. The molecule has 4 rings (SSSR count). The average Bonchev–Trinajstić information content (AvgIpc) is 3.30. The summed E-state index contributed by atoms with van der Waals surface area (Å²) in [5.41, 5.74) is 4.10. The van der Waals surface area contributed by atoms with E-state index in [4.69, 9.17) is 4.74 Å². The summed E-state index contributed by atoms with van der Waals surface area (Å²) in [5, 5.41) is 6.92. The van der Waals surface area contributed by atoms with Gasteiger partial charge in [0.15, 0.2) is 0 Å². The standard InChI is InChI=1S/C24H22N4O4S/c1-17-3-13-23(14-4-17)33(30,31)27-24(29)26-20-7-9-21(10-8-20)28-16-19(15-25-28)18-5-11-22(32-2)12-6-18/h3-16H,1-2H3,(H2,26,27,29). The highest BCUT2D eigenvalue weighted by molar-refractivity contribution is 7.90. The third-order valence-corrected chi connectivity index (χ3v) is 6.30. The molecule has 8 nitrogen and oxygen atoms in total. The summed E-state index contributed by atoms with van der Waals surface area (Å²) in [4.78, 5) is 12.2. The van der Waals surface area contributed by atoms with Crippen LogP contribution >= 0.6 is 0 Å². The third kappa shape index (κ3) is 5.21. The molecule has 2 N–H and O–H groups in total. The molecule has 33 heavy (non-hydrogen) atoms. The van der Waals surface area contributed by atoms with Crippen LogP contribution in [0.25, 0.3) is 16.8 Å². The summed E-state index contributed by atoms with van der Waals surface area (Å²) in [6.45, 7) is 1.85. The number of sulfonamides is 1. The van der Waals surface area contributed by atoms with Crippen LogP contribution in [0.5, 0.6) is 5.75 Å². The van der Waals surface area contributed by atoms with Gasteiger partial charge in [-0.15, -0.1) is 0 Å². The Balaban J connectivity index is 1.41. The highest BCUT2D eigenvalue weighted by atomic mass is 32.2. The van der Waals surface area contributed by atoms with Crippen LogP contribution in [0, 0.1) is 6.92 Å². The molecule has 3 aromatic carbocycles. The SMILES string of the molecule is COc1ccc(-c2cnn(-c3ccc(NC(=O)NS(=O)(=O)c4ccc(C)cc4)cc3)c2)cc1. The number of ether oxygens (including phenoxy) is 1. The lowest BCUT2D eigenvalue weighted by atomic mass is 10.1. The Kier molecular flexibility index (Phi) is 6.14. The van der Waals surface area contributed by atoms with Gasteiger partial charge in [-0.25, -0.2) is 22.6 Å². The van der Waals surface area contributed by atoms with Crippen molar-refractivity contribution in [2.75, 3.05) is 12.4 Å². The number of aryl methyl sites for hydroxylation is 1. The molecule has 0 bridgehead atoms. The molecule has 0 aliphatic rings. The highest BCUT2D eigenvalue weighted by Gasteiger charge is 2.17. The zero-order valence-electron chi connectivity index (χ0n) is 18.0. The maximum Gasteiger partial charge on any atom is 0.333 e. The number of rotatable bonds is 6. The Bertz CT molecular complexity index is 1360. The van der Waals surface area contributed by atoms with Crippen LogP contribution in [0.4, 0.5) is 10.5 Å². The number of amides is 2. The molecular weight excluding hydrogens is 440 g/mol. The molecule has 0 aliphatic carbocycles. The lowest BCUT2D eigenvalue weighted by Crippen LogP contribution is -2.34. The molecule has 2 amide bonds. The van der Waals surface area contributed by atoms with Gasteiger partial charge in [-0.2, -0.15) is 5.10 Å². The Morgan fingerprint density at radius 1 is 0.909 bits per heavy atom. The van der Waals surface area contributed by atoms with E-state index >= 15 is 0 Å². The van der Waals surface area contributed by atoms with Gasteiger partial charge in [0, 0.05) is 17.4 Å². The smallest absolute Gasteiger partial charge is 0.333 e. The van der Waals surface area contributed by atoms with Crippen LogP contribution in [0.2, 0.25) is 0 Å². The topological polar surface area (TPSA) is 102 Å². The Morgan fingerprint density at radius 2 is 1.58 bits per heavy atom. The van der Waals surface area contributed by atoms with Crippen LogP contribution in [0.15, 0.2) is 90.1 Å². The molecule has 0 spiro atoms. The number of methoxy groups -OCH3 is 1. The van der Waals surface area contributed by atoms with E-state index < -0.39 is 16.1 Å². The molecule has 1 aromatic heterocycles. The Labute approximate surface area is 191 Å². The fraction of sp³-hybridized carbons (Fsp3) is 0.0833. The van der Waals surface area contributed by atoms with Crippen molar-refractivity contribution in [3.05, 3.63) is 90.8 Å². The number of urea groups is 1. The number of benzene rings is 3. The molecule has 168 valence electrons. The summed E-state index contributed by atoms with van der Waals surface area (Å²) in [7, 11) is -2.34. The zero-order valence-corrected chi connectivity index (χ0v) is 18.8. The molecule has 0 fully saturated rings. The highest BCUT2D eigenvalue weighted by Crippen LogP contribution is 2.23. The first-order chi connectivity index (χ1) is 15.8. The van der Waals surface area contributed by atoms with E-state index in [0.29, 0.717) is 5.69 Å². The van der Waals surface area contributed by atoms with Crippen molar-refractivity contribution >= 4 is 21.7 Å². The van der Waals surface area contributed by atoms with Gasteiger partial charge >= 0.3 is 6.03 Å². The van der Waals surface area contributed by atoms with Gasteiger partial charge in [-0.05, 0) is 61.0 Å². The van der Waals surface area contributed by atoms with Gasteiger partial charge in [-0.1, -0.05) is 29.8 Å². The largest absolute Gasteiger partial charge is 0.497 e. The first kappa shape index (κ1) is 22.1. The fourth-order valence-corrected chi connectivity index (χ4v) is 4.06. The van der Waals surface area contributed by atoms with Crippen LogP contribution in [0.1, 0.15) is 5.56 Å². The van der Waals surface area contributed by atoms with Crippen molar-refractivity contribution in [2.45, 2.75) is 11.8 Å². The molecule has 9 heteroatoms. The molecule has 0 aliphatic heterocycles. The van der Waals surface area contributed by atoms with Gasteiger partial charge < -0.3 is 10.1 Å². The molecule has 0 radical (unpaired) electrons. The Morgan fingerprint density at radius 3 is 2.21 bits per heavy atom. The van der Waals surface area contributed by atoms with Gasteiger partial charge in [-0.3, -0.25) is 0 Å². The normalized spacial score (nSPS) is 11.1. The number of nitrogens with one attached hydrogen (secondary N) is 2. The first-order valence-electron chi connectivity index (χ1n) is 10.0. The van der Waals surface area contributed by atoms with E-state index in [2.05, 4.69) is 10.4 Å². The number of carbonyl (C=O) groups excluding carboxylic acids is 1. The van der Waals surface area contributed by atoms with Gasteiger partial charge in [0.1, 0.15) is 5.75 Å². The van der Waals surface area contributed by atoms with Crippen molar-refractivity contribution in [2.24, 2.45) is 0 Å². The molecule has 0 atom stereocenters. The summed E-state index contributed by atoms with van der Waals surface area (Å²) in [6.07, 6.45) is 3.66. The number of anilines is 1. The van der Waals surface area contributed by atoms with E-state index in [1.165, 1.54) is 12.1 Å². The number of nitrogens with zero attached hydrogens (tertiary/aromatic N) is 2. The second-order valence-corrected chi connectivity index (χ2v) is 9.00. The third-order valence-electron chi connectivity index (χ3n) is 4.95. The van der Waals surface area contributed by atoms with Crippen LogP contribution in [-0.2, 0) is 10.0 Å². The summed E-state index contributed by atoms with van der Waals surface area (Å²) in [6, 6.07) is 20.0. The predicted octanol–water partition coefficient (Wildman–Crippen LogP) is 4.37. The number of hydrogen-bond donors (Lipinski definition) is 2. The minimum absolute atomic E-state index is 0.0185. The molecule has 0 saturated carbocycles. The molecule has 0 unspecified atom stereocenters. The number of hydrogen-bond acceptors (Lipinski definition) is 5. The van der Waals surface area contributed by atoms with Crippen LogP contribution < -0.4 is 14.8 Å². The van der Waals surface area contributed by atoms with E-state index in [9.17, 15) is 13.2 Å². The van der Waals surface area contributed by atoms with Crippen molar-refractivity contribution < 1.29 is 17.9 Å². The first-order valence-corrected chi connectivity index (χ1v) is 11.5. The molecule has 4 aromatic rings. The second kappa shape index (κ2) is 9.17. The van der Waals surface area contributed by atoms with Crippen molar-refractivity contribution in [1.82, 2.24) is 14.5 Å². The predicted molar refractivity (Wildman–Crippen MR) is 126 cm³/mol. The van der Waals surface area contributed by atoms with Crippen molar-refractivity contribution in [3.63, 3.8) is 0 Å². The van der Waals surface area contributed by atoms with E-state index in [-0.39, 0.29) is 4.90 Å². The lowest BCUT2D eigenvalue weighted by molar-refractivity contribution is 0.256. The van der Waals surface area contributed by atoms with Gasteiger partial charge in [0.05, 0.1) is 23.9 Å². The van der Waals surface area contributed by atoms with Crippen LogP contribution in [-0.4, -0.2) is 31.3 Å². The van der Waals surface area contributed by atoms with E-state index in [1.54, 1.807) is 54.4 Å². The number of aromatic nitrogens is 2.